The van der Waals surface area contributed by atoms with Crippen LogP contribution in [-0.2, 0) is 21.7 Å². The van der Waals surface area contributed by atoms with Gasteiger partial charge in [-0.05, 0) is 98.5 Å². The molecule has 6 aromatic carbocycles. The zero-order chi connectivity index (χ0) is 33.4. The van der Waals surface area contributed by atoms with E-state index in [1.807, 2.05) is 0 Å². The quantitative estimate of drug-likeness (QED) is 0.136. The second-order valence-electron chi connectivity index (χ2n) is 17.6. The molecule has 0 nitrogen and oxygen atoms in total. The molecule has 0 unspecified atom stereocenters. The summed E-state index contributed by atoms with van der Waals surface area (Å²) in [5.74, 6) is 0. The number of rotatable bonds is 2. The normalized spacial score (nSPS) is 13.2. The van der Waals surface area contributed by atoms with Crippen molar-refractivity contribution in [3.8, 4) is 22.3 Å². The maximum atomic E-state index is 2.47. The molecule has 0 radical (unpaired) electrons. The highest BCUT2D eigenvalue weighted by Crippen LogP contribution is 2.48. The number of fused-ring (bicyclic) bond motifs is 4. The molecule has 6 rings (SSSR count). The lowest BCUT2D eigenvalue weighted by Gasteiger charge is -2.28. The Kier molecular flexibility index (Phi) is 7.55. The minimum absolute atomic E-state index is 0.0282. The fourth-order valence-corrected chi connectivity index (χ4v) is 6.83. The summed E-state index contributed by atoms with van der Waals surface area (Å²) >= 11 is 0. The van der Waals surface area contributed by atoms with Gasteiger partial charge in [-0.1, -0.05) is 180 Å². The number of hydrogen-bond donors (Lipinski definition) is 0. The largest absolute Gasteiger partial charge is 0.0616 e. The van der Waals surface area contributed by atoms with Crippen LogP contribution in [0, 0.1) is 0 Å². The first kappa shape index (κ1) is 32.1. The Morgan fingerprint density at radius 2 is 0.696 bits per heavy atom. The molecule has 0 aliphatic rings. The summed E-state index contributed by atoms with van der Waals surface area (Å²) in [4.78, 5) is 0. The molecule has 0 aliphatic carbocycles. The van der Waals surface area contributed by atoms with Gasteiger partial charge in [0.2, 0.25) is 0 Å². The Morgan fingerprint density at radius 1 is 0.326 bits per heavy atom. The molecule has 0 amide bonds. The van der Waals surface area contributed by atoms with Gasteiger partial charge in [-0.15, -0.1) is 0 Å². The summed E-state index contributed by atoms with van der Waals surface area (Å²) in [6.07, 6.45) is 0. The van der Waals surface area contributed by atoms with Crippen molar-refractivity contribution in [2.45, 2.75) is 105 Å². The molecule has 0 N–H and O–H groups in total. The SMILES string of the molecule is CC(C)(C)c1cc(-c2c3ccccc3c(-c3cc(C(C)(C)C)cc(C(C)(C)C)c3)c3c2ccc2ccccc23)cc(C(C)(C)C)c1. The van der Waals surface area contributed by atoms with Crippen LogP contribution in [0.5, 0.6) is 0 Å². The molecule has 0 atom stereocenters. The third-order valence-electron chi connectivity index (χ3n) is 9.82. The molecule has 0 spiro atoms. The lowest BCUT2D eigenvalue weighted by molar-refractivity contribution is 0.568. The van der Waals surface area contributed by atoms with Crippen LogP contribution < -0.4 is 0 Å². The fraction of sp³-hybridized carbons (Fsp3) is 0.348. The third-order valence-corrected chi connectivity index (χ3v) is 9.82. The van der Waals surface area contributed by atoms with E-state index in [4.69, 9.17) is 0 Å². The topological polar surface area (TPSA) is 0 Å². The Hall–Kier alpha value is -3.90. The minimum Gasteiger partial charge on any atom is -0.0616 e. The van der Waals surface area contributed by atoms with Crippen molar-refractivity contribution in [2.75, 3.05) is 0 Å². The van der Waals surface area contributed by atoms with E-state index in [1.54, 1.807) is 0 Å². The van der Waals surface area contributed by atoms with Crippen molar-refractivity contribution in [3.63, 3.8) is 0 Å². The molecule has 0 heterocycles. The van der Waals surface area contributed by atoms with Crippen molar-refractivity contribution in [1.29, 1.82) is 0 Å². The van der Waals surface area contributed by atoms with E-state index >= 15 is 0 Å². The van der Waals surface area contributed by atoms with Crippen LogP contribution >= 0.6 is 0 Å². The molecule has 0 saturated heterocycles. The highest BCUT2D eigenvalue weighted by atomic mass is 14.3. The first-order chi connectivity index (χ1) is 21.3. The van der Waals surface area contributed by atoms with Gasteiger partial charge in [-0.2, -0.15) is 0 Å². The predicted octanol–water partition coefficient (Wildman–Crippen LogP) is 13.7. The van der Waals surface area contributed by atoms with Crippen LogP contribution in [0.4, 0.5) is 0 Å². The summed E-state index contributed by atoms with van der Waals surface area (Å²) < 4.78 is 0. The molecule has 0 heteroatoms. The molecule has 46 heavy (non-hydrogen) atoms. The van der Waals surface area contributed by atoms with Crippen molar-refractivity contribution in [3.05, 3.63) is 119 Å². The van der Waals surface area contributed by atoms with E-state index in [9.17, 15) is 0 Å². The zero-order valence-electron chi connectivity index (χ0n) is 30.2. The van der Waals surface area contributed by atoms with Gasteiger partial charge in [0.05, 0.1) is 0 Å². The second-order valence-corrected chi connectivity index (χ2v) is 17.6. The predicted molar refractivity (Wildman–Crippen MR) is 205 cm³/mol. The summed E-state index contributed by atoms with van der Waals surface area (Å²) in [5.41, 5.74) is 10.9. The first-order valence-electron chi connectivity index (χ1n) is 17.0. The highest BCUT2D eigenvalue weighted by molar-refractivity contribution is 6.28. The Balaban J connectivity index is 1.86. The van der Waals surface area contributed by atoms with Gasteiger partial charge < -0.3 is 0 Å². The monoisotopic (exact) mass is 604 g/mol. The number of hydrogen-bond acceptors (Lipinski definition) is 0. The summed E-state index contributed by atoms with van der Waals surface area (Å²) in [6.45, 7) is 28.0. The number of benzene rings is 6. The van der Waals surface area contributed by atoms with Crippen LogP contribution in [0.2, 0.25) is 0 Å². The van der Waals surface area contributed by atoms with Gasteiger partial charge in [0, 0.05) is 0 Å². The van der Waals surface area contributed by atoms with Crippen LogP contribution in [0.3, 0.4) is 0 Å². The molecular weight excluding hydrogens is 553 g/mol. The third kappa shape index (κ3) is 5.77. The molecule has 0 saturated carbocycles. The fourth-order valence-electron chi connectivity index (χ4n) is 6.83. The van der Waals surface area contributed by atoms with Crippen molar-refractivity contribution < 1.29 is 0 Å². The standard InChI is InChI=1S/C46H52/c1-43(2,3)32-23-30(24-33(27-32)44(4,5)6)40-37-19-15-16-20-38(37)41(42-36-18-14-13-17-29(36)21-22-39(40)42)31-25-34(45(7,8)9)28-35(26-31)46(10,11)12/h13-28H,1-12H3. The lowest BCUT2D eigenvalue weighted by Crippen LogP contribution is -2.16. The van der Waals surface area contributed by atoms with Crippen molar-refractivity contribution in [1.82, 2.24) is 0 Å². The summed E-state index contributed by atoms with van der Waals surface area (Å²) in [5, 5.41) is 7.87. The van der Waals surface area contributed by atoms with Crippen LogP contribution in [0.25, 0.3) is 54.6 Å². The van der Waals surface area contributed by atoms with E-state index < -0.39 is 0 Å². The minimum atomic E-state index is 0.0282. The Bertz CT molecular complexity index is 2040. The maximum Gasteiger partial charge on any atom is -0.00141 e. The van der Waals surface area contributed by atoms with Crippen LogP contribution in [0.15, 0.2) is 97.1 Å². The van der Waals surface area contributed by atoms with E-state index in [0.717, 1.165) is 0 Å². The molecule has 0 bridgehead atoms. The van der Waals surface area contributed by atoms with Crippen molar-refractivity contribution >= 4 is 32.3 Å². The Labute approximate surface area is 277 Å². The lowest BCUT2D eigenvalue weighted by atomic mass is 9.76. The highest BCUT2D eigenvalue weighted by Gasteiger charge is 2.26. The average molecular weight is 605 g/mol. The van der Waals surface area contributed by atoms with E-state index in [2.05, 4.69) is 180 Å². The molecule has 6 aromatic rings. The molecular formula is C46H52. The van der Waals surface area contributed by atoms with Gasteiger partial charge in [0.1, 0.15) is 0 Å². The van der Waals surface area contributed by atoms with Gasteiger partial charge in [-0.25, -0.2) is 0 Å². The van der Waals surface area contributed by atoms with E-state index in [-0.39, 0.29) is 21.7 Å². The first-order valence-corrected chi connectivity index (χ1v) is 17.0. The Morgan fingerprint density at radius 3 is 1.13 bits per heavy atom. The van der Waals surface area contributed by atoms with Gasteiger partial charge in [-0.3, -0.25) is 0 Å². The maximum absolute atomic E-state index is 2.47. The van der Waals surface area contributed by atoms with Gasteiger partial charge in [0.15, 0.2) is 0 Å². The molecule has 236 valence electrons. The van der Waals surface area contributed by atoms with Gasteiger partial charge >= 0.3 is 0 Å². The second kappa shape index (κ2) is 10.8. The van der Waals surface area contributed by atoms with Gasteiger partial charge in [0.25, 0.3) is 0 Å². The van der Waals surface area contributed by atoms with Crippen molar-refractivity contribution in [2.24, 2.45) is 0 Å². The summed E-state index contributed by atoms with van der Waals surface area (Å²) in [7, 11) is 0. The van der Waals surface area contributed by atoms with E-state index in [0.29, 0.717) is 0 Å². The van der Waals surface area contributed by atoms with Crippen LogP contribution in [0.1, 0.15) is 105 Å². The molecule has 0 aliphatic heterocycles. The average Bonchev–Trinajstić information content (AvgIpc) is 2.97. The van der Waals surface area contributed by atoms with E-state index in [1.165, 1.54) is 76.8 Å². The molecule has 0 aromatic heterocycles. The summed E-state index contributed by atoms with van der Waals surface area (Å²) in [6, 6.07) is 37.5. The van der Waals surface area contributed by atoms with Crippen LogP contribution in [-0.4, -0.2) is 0 Å². The molecule has 0 fully saturated rings. The zero-order valence-corrected chi connectivity index (χ0v) is 30.2. The smallest absolute Gasteiger partial charge is 0.00141 e.